The summed E-state index contributed by atoms with van der Waals surface area (Å²) < 4.78 is 12.4. The molecular formula is C20H29BO3. The SMILES string of the molecule is CC(=O)c1c(B2OC(C)(C)C(C)(C)O2)ccc2c1CC(C)(C)CC2. The van der Waals surface area contributed by atoms with E-state index in [0.29, 0.717) is 0 Å². The molecule has 1 aromatic rings. The molecule has 4 heteroatoms. The van der Waals surface area contributed by atoms with Crippen LogP contribution in [0.25, 0.3) is 0 Å². The lowest BCUT2D eigenvalue weighted by atomic mass is 9.67. The fourth-order valence-corrected chi connectivity index (χ4v) is 3.77. The fourth-order valence-electron chi connectivity index (χ4n) is 3.77. The number of fused-ring (bicyclic) bond motifs is 1. The first-order valence-electron chi connectivity index (χ1n) is 8.95. The minimum atomic E-state index is -0.482. The Morgan fingerprint density at radius 3 is 2.17 bits per heavy atom. The maximum Gasteiger partial charge on any atom is 0.495 e. The number of Topliss-reactive ketones (excluding diaryl/α,β-unsaturated/α-hetero) is 1. The van der Waals surface area contributed by atoms with Crippen LogP contribution in [0.15, 0.2) is 12.1 Å². The second-order valence-corrected chi connectivity index (χ2v) is 9.15. The molecule has 1 saturated heterocycles. The van der Waals surface area contributed by atoms with E-state index in [1.807, 2.05) is 33.8 Å². The van der Waals surface area contributed by atoms with Crippen molar-refractivity contribution < 1.29 is 14.1 Å². The monoisotopic (exact) mass is 328 g/mol. The van der Waals surface area contributed by atoms with Crippen LogP contribution in [-0.2, 0) is 22.2 Å². The quantitative estimate of drug-likeness (QED) is 0.613. The van der Waals surface area contributed by atoms with Crippen LogP contribution in [0.4, 0.5) is 0 Å². The van der Waals surface area contributed by atoms with Gasteiger partial charge in [0, 0.05) is 5.56 Å². The second kappa shape index (κ2) is 5.44. The van der Waals surface area contributed by atoms with Gasteiger partial charge < -0.3 is 9.31 Å². The van der Waals surface area contributed by atoms with Crippen LogP contribution in [0.3, 0.4) is 0 Å². The van der Waals surface area contributed by atoms with Crippen LogP contribution in [-0.4, -0.2) is 24.1 Å². The summed E-state index contributed by atoms with van der Waals surface area (Å²) in [6.45, 7) is 14.4. The summed E-state index contributed by atoms with van der Waals surface area (Å²) in [5.74, 6) is 0.106. The Hall–Kier alpha value is -1.13. The third kappa shape index (κ3) is 2.84. The van der Waals surface area contributed by atoms with Gasteiger partial charge in [0.1, 0.15) is 0 Å². The molecule has 0 atom stereocenters. The molecule has 0 unspecified atom stereocenters. The van der Waals surface area contributed by atoms with Gasteiger partial charge in [0.25, 0.3) is 0 Å². The van der Waals surface area contributed by atoms with Gasteiger partial charge in [0.2, 0.25) is 0 Å². The molecule has 0 aromatic heterocycles. The molecule has 2 aliphatic rings. The van der Waals surface area contributed by atoms with Crippen molar-refractivity contribution in [3.63, 3.8) is 0 Å². The van der Waals surface area contributed by atoms with E-state index in [-0.39, 0.29) is 11.2 Å². The van der Waals surface area contributed by atoms with E-state index in [2.05, 4.69) is 19.9 Å². The Balaban J connectivity index is 2.09. The van der Waals surface area contributed by atoms with Gasteiger partial charge in [-0.05, 0) is 75.9 Å². The Bertz CT molecular complexity index is 672. The molecule has 1 fully saturated rings. The standard InChI is InChI=1S/C20H29BO3/c1-13(22)17-15-12-18(2,3)11-10-14(15)8-9-16(17)21-23-19(4,5)20(6,7)24-21/h8-9H,10-12H2,1-7H3. The van der Waals surface area contributed by atoms with Crippen molar-refractivity contribution in [1.29, 1.82) is 0 Å². The molecule has 24 heavy (non-hydrogen) atoms. The third-order valence-electron chi connectivity index (χ3n) is 6.03. The predicted octanol–water partition coefficient (Wildman–Crippen LogP) is 3.70. The van der Waals surface area contributed by atoms with E-state index >= 15 is 0 Å². The van der Waals surface area contributed by atoms with Crippen molar-refractivity contribution in [2.75, 3.05) is 0 Å². The smallest absolute Gasteiger partial charge is 0.399 e. The highest BCUT2D eigenvalue weighted by Crippen LogP contribution is 2.39. The zero-order valence-electron chi connectivity index (χ0n) is 16.1. The van der Waals surface area contributed by atoms with Gasteiger partial charge in [-0.3, -0.25) is 4.79 Å². The van der Waals surface area contributed by atoms with E-state index in [1.54, 1.807) is 6.92 Å². The zero-order chi connectivity index (χ0) is 17.9. The number of carbonyl (C=O) groups is 1. The first-order chi connectivity index (χ1) is 10.9. The Morgan fingerprint density at radius 2 is 1.62 bits per heavy atom. The highest BCUT2D eigenvalue weighted by atomic mass is 16.7. The highest BCUT2D eigenvalue weighted by Gasteiger charge is 2.52. The number of benzene rings is 1. The van der Waals surface area contributed by atoms with Gasteiger partial charge in [0.05, 0.1) is 11.2 Å². The van der Waals surface area contributed by atoms with Gasteiger partial charge in [-0.1, -0.05) is 26.0 Å². The molecule has 0 radical (unpaired) electrons. The molecule has 130 valence electrons. The Labute approximate surface area is 146 Å². The molecule has 1 aliphatic carbocycles. The fraction of sp³-hybridized carbons (Fsp3) is 0.650. The number of ketones is 1. The van der Waals surface area contributed by atoms with Crippen LogP contribution in [0.2, 0.25) is 0 Å². The molecule has 1 aliphatic heterocycles. The Morgan fingerprint density at radius 1 is 1.04 bits per heavy atom. The summed E-state index contributed by atoms with van der Waals surface area (Å²) in [5, 5.41) is 0. The van der Waals surface area contributed by atoms with E-state index in [4.69, 9.17) is 9.31 Å². The summed E-state index contributed by atoms with van der Waals surface area (Å²) in [7, 11) is -0.482. The molecule has 0 N–H and O–H groups in total. The van der Waals surface area contributed by atoms with Gasteiger partial charge >= 0.3 is 7.12 Å². The molecular weight excluding hydrogens is 299 g/mol. The highest BCUT2D eigenvalue weighted by molar-refractivity contribution is 6.63. The molecule has 1 heterocycles. The van der Waals surface area contributed by atoms with Crippen molar-refractivity contribution in [3.8, 4) is 0 Å². The van der Waals surface area contributed by atoms with E-state index < -0.39 is 18.3 Å². The number of rotatable bonds is 2. The lowest BCUT2D eigenvalue weighted by Gasteiger charge is -2.33. The Kier molecular flexibility index (Phi) is 4.01. The van der Waals surface area contributed by atoms with Crippen LogP contribution in [0, 0.1) is 5.41 Å². The molecule has 3 nitrogen and oxygen atoms in total. The molecule has 3 rings (SSSR count). The van der Waals surface area contributed by atoms with Crippen LogP contribution < -0.4 is 5.46 Å². The van der Waals surface area contributed by atoms with Crippen molar-refractivity contribution in [2.45, 2.75) is 78.9 Å². The summed E-state index contributed by atoms with van der Waals surface area (Å²) in [5.41, 5.74) is 3.63. The van der Waals surface area contributed by atoms with Crippen molar-refractivity contribution in [1.82, 2.24) is 0 Å². The third-order valence-corrected chi connectivity index (χ3v) is 6.03. The van der Waals surface area contributed by atoms with Crippen LogP contribution in [0.1, 0.15) is 76.4 Å². The van der Waals surface area contributed by atoms with Gasteiger partial charge in [-0.25, -0.2) is 0 Å². The first kappa shape index (κ1) is 17.7. The molecule has 0 spiro atoms. The van der Waals surface area contributed by atoms with Gasteiger partial charge in [-0.2, -0.15) is 0 Å². The largest absolute Gasteiger partial charge is 0.495 e. The maximum absolute atomic E-state index is 12.5. The first-order valence-corrected chi connectivity index (χ1v) is 8.95. The summed E-state index contributed by atoms with van der Waals surface area (Å²) in [6.07, 6.45) is 3.13. The molecule has 0 saturated carbocycles. The average molecular weight is 328 g/mol. The minimum Gasteiger partial charge on any atom is -0.399 e. The van der Waals surface area contributed by atoms with Crippen molar-refractivity contribution in [3.05, 3.63) is 28.8 Å². The normalized spacial score (nSPS) is 23.9. The van der Waals surface area contributed by atoms with E-state index in [0.717, 1.165) is 30.3 Å². The minimum absolute atomic E-state index is 0.106. The predicted molar refractivity (Wildman–Crippen MR) is 98.0 cm³/mol. The topological polar surface area (TPSA) is 35.5 Å². The summed E-state index contributed by atoms with van der Waals surface area (Å²) >= 11 is 0. The average Bonchev–Trinajstić information content (AvgIpc) is 2.64. The summed E-state index contributed by atoms with van der Waals surface area (Å²) in [6, 6.07) is 4.20. The second-order valence-electron chi connectivity index (χ2n) is 9.15. The van der Waals surface area contributed by atoms with Crippen molar-refractivity contribution >= 4 is 18.4 Å². The van der Waals surface area contributed by atoms with E-state index in [9.17, 15) is 4.79 Å². The van der Waals surface area contributed by atoms with Crippen molar-refractivity contribution in [2.24, 2.45) is 5.41 Å². The summed E-state index contributed by atoms with van der Waals surface area (Å²) in [4.78, 5) is 12.5. The zero-order valence-corrected chi connectivity index (χ0v) is 16.1. The number of hydrogen-bond acceptors (Lipinski definition) is 3. The van der Waals surface area contributed by atoms with Crippen LogP contribution >= 0.6 is 0 Å². The maximum atomic E-state index is 12.5. The van der Waals surface area contributed by atoms with E-state index in [1.165, 1.54) is 11.1 Å². The molecule has 1 aromatic carbocycles. The number of aryl methyl sites for hydroxylation is 1. The van der Waals surface area contributed by atoms with Gasteiger partial charge in [0.15, 0.2) is 5.78 Å². The lowest BCUT2D eigenvalue weighted by molar-refractivity contribution is 0.00578. The van der Waals surface area contributed by atoms with Gasteiger partial charge in [-0.15, -0.1) is 0 Å². The van der Waals surface area contributed by atoms with Crippen LogP contribution in [0.5, 0.6) is 0 Å². The lowest BCUT2D eigenvalue weighted by Crippen LogP contribution is -2.41. The molecule has 0 bridgehead atoms. The molecule has 0 amide bonds. The number of hydrogen-bond donors (Lipinski definition) is 0. The number of carbonyl (C=O) groups excluding carboxylic acids is 1.